The number of alkyl halides is 1. The van der Waals surface area contributed by atoms with Crippen molar-refractivity contribution in [2.24, 2.45) is 0 Å². The van der Waals surface area contributed by atoms with Crippen LogP contribution in [0.2, 0.25) is 0 Å². The van der Waals surface area contributed by atoms with Gasteiger partial charge >= 0.3 is 0 Å². The Hall–Kier alpha value is 0.650. The summed E-state index contributed by atoms with van der Waals surface area (Å²) in [6.07, 6.45) is 4.21. The molecular weight excluding hydrogens is 253 g/mol. The van der Waals surface area contributed by atoms with E-state index in [4.69, 9.17) is 5.11 Å². The quantitative estimate of drug-likeness (QED) is 0.560. The molecule has 0 spiro atoms. The van der Waals surface area contributed by atoms with Crippen LogP contribution in [-0.2, 0) is 0 Å². The van der Waals surface area contributed by atoms with E-state index in [1.54, 1.807) is 0 Å². The van der Waals surface area contributed by atoms with Crippen LogP contribution in [-0.4, -0.2) is 29.2 Å². The first-order valence-electron chi connectivity index (χ1n) is 4.06. The van der Waals surface area contributed by atoms with Crippen LogP contribution in [0.3, 0.4) is 0 Å². The first-order chi connectivity index (χ1) is 5.33. The van der Waals surface area contributed by atoms with E-state index in [0.29, 0.717) is 6.04 Å². The molecule has 0 radical (unpaired) electrons. The van der Waals surface area contributed by atoms with Gasteiger partial charge in [-0.2, -0.15) is 0 Å². The van der Waals surface area contributed by atoms with Crippen LogP contribution in [0.15, 0.2) is 0 Å². The number of aliphatic hydroxyl groups excluding tert-OH is 1. The lowest BCUT2D eigenvalue weighted by Gasteiger charge is -2.24. The van der Waals surface area contributed by atoms with Crippen LogP contribution in [0, 0.1) is 0 Å². The molecule has 2 nitrogen and oxygen atoms in total. The Bertz CT molecular complexity index is 82.2. The Labute approximate surface area is 82.9 Å². The summed E-state index contributed by atoms with van der Waals surface area (Å²) < 4.78 is 0. The van der Waals surface area contributed by atoms with Gasteiger partial charge in [0, 0.05) is 6.04 Å². The minimum absolute atomic E-state index is 0.0189. The third-order valence-corrected chi connectivity index (χ3v) is 2.10. The van der Waals surface area contributed by atoms with Gasteiger partial charge in [-0.1, -0.05) is 22.6 Å². The van der Waals surface area contributed by atoms with Gasteiger partial charge < -0.3 is 10.4 Å². The SMILES string of the molecule is CI.CNC1CCC(O)CC1. The molecule has 1 rings (SSSR count). The number of aliphatic hydroxyl groups is 1. The molecule has 1 fully saturated rings. The van der Waals surface area contributed by atoms with Gasteiger partial charge in [0.1, 0.15) is 0 Å². The Balaban J connectivity index is 0.000000461. The number of hydrogen-bond acceptors (Lipinski definition) is 2. The monoisotopic (exact) mass is 271 g/mol. The van der Waals surface area contributed by atoms with E-state index >= 15 is 0 Å². The summed E-state index contributed by atoms with van der Waals surface area (Å²) in [7, 11) is 1.99. The van der Waals surface area contributed by atoms with E-state index < -0.39 is 0 Å². The van der Waals surface area contributed by atoms with Crippen molar-refractivity contribution in [3.05, 3.63) is 0 Å². The van der Waals surface area contributed by atoms with Crippen molar-refractivity contribution < 1.29 is 5.11 Å². The maximum Gasteiger partial charge on any atom is 0.0541 e. The van der Waals surface area contributed by atoms with Crippen LogP contribution >= 0.6 is 22.6 Å². The molecule has 3 heteroatoms. The lowest BCUT2D eigenvalue weighted by molar-refractivity contribution is 0.118. The van der Waals surface area contributed by atoms with Crippen LogP contribution < -0.4 is 5.32 Å². The molecule has 0 heterocycles. The molecule has 0 aromatic heterocycles. The minimum atomic E-state index is -0.0189. The van der Waals surface area contributed by atoms with Gasteiger partial charge in [0.25, 0.3) is 0 Å². The molecule has 1 aliphatic rings. The first kappa shape index (κ1) is 11.6. The molecule has 0 aromatic carbocycles. The molecule has 0 aromatic rings. The van der Waals surface area contributed by atoms with Crippen molar-refractivity contribution in [3.8, 4) is 0 Å². The molecule has 0 unspecified atom stereocenters. The molecule has 1 aliphatic carbocycles. The summed E-state index contributed by atoms with van der Waals surface area (Å²) >= 11 is 2.15. The molecule has 0 aliphatic heterocycles. The van der Waals surface area contributed by atoms with Crippen molar-refractivity contribution in [2.45, 2.75) is 37.8 Å². The largest absolute Gasteiger partial charge is 0.393 e. The third-order valence-electron chi connectivity index (χ3n) is 2.10. The number of halogens is 1. The summed E-state index contributed by atoms with van der Waals surface area (Å²) in [5, 5.41) is 12.3. The van der Waals surface area contributed by atoms with Crippen LogP contribution in [0.5, 0.6) is 0 Å². The Kier molecular flexibility index (Phi) is 7.74. The van der Waals surface area contributed by atoms with Crippen molar-refractivity contribution >= 4 is 22.6 Å². The number of nitrogens with one attached hydrogen (secondary N) is 1. The lowest BCUT2D eigenvalue weighted by Crippen LogP contribution is -2.31. The minimum Gasteiger partial charge on any atom is -0.393 e. The number of hydrogen-bond donors (Lipinski definition) is 2. The third kappa shape index (κ3) is 4.98. The van der Waals surface area contributed by atoms with Crippen LogP contribution in [0.4, 0.5) is 0 Å². The summed E-state index contributed by atoms with van der Waals surface area (Å²) in [5.41, 5.74) is 0. The van der Waals surface area contributed by atoms with Gasteiger partial charge in [0.15, 0.2) is 0 Å². The van der Waals surface area contributed by atoms with Crippen molar-refractivity contribution in [3.63, 3.8) is 0 Å². The van der Waals surface area contributed by atoms with Gasteiger partial charge in [-0.05, 0) is 37.7 Å². The molecule has 11 heavy (non-hydrogen) atoms. The zero-order valence-electron chi connectivity index (χ0n) is 7.31. The summed E-state index contributed by atoms with van der Waals surface area (Å²) in [6, 6.07) is 0.661. The van der Waals surface area contributed by atoms with E-state index in [0.717, 1.165) is 25.7 Å². The smallest absolute Gasteiger partial charge is 0.0541 e. The van der Waals surface area contributed by atoms with Crippen LogP contribution in [0.1, 0.15) is 25.7 Å². The highest BCUT2D eigenvalue weighted by Crippen LogP contribution is 2.17. The average Bonchev–Trinajstić information content (AvgIpc) is 2.10. The maximum absolute atomic E-state index is 9.09. The van der Waals surface area contributed by atoms with E-state index in [1.165, 1.54) is 0 Å². The molecule has 0 saturated heterocycles. The van der Waals surface area contributed by atoms with E-state index in [9.17, 15) is 0 Å². The highest BCUT2D eigenvalue weighted by atomic mass is 127. The van der Waals surface area contributed by atoms with Gasteiger partial charge in [-0.3, -0.25) is 0 Å². The zero-order valence-corrected chi connectivity index (χ0v) is 9.47. The second-order valence-electron chi connectivity index (χ2n) is 2.79. The molecule has 1 saturated carbocycles. The topological polar surface area (TPSA) is 32.3 Å². The van der Waals surface area contributed by atoms with Gasteiger partial charge in [-0.15, -0.1) is 0 Å². The molecule has 0 amide bonds. The normalized spacial score (nSPS) is 30.5. The summed E-state index contributed by atoms with van der Waals surface area (Å²) in [6.45, 7) is 0. The standard InChI is InChI=1S/C7H15NO.CH3I/c1-8-6-2-4-7(9)5-3-6;1-2/h6-9H,2-5H2,1H3;1H3. The maximum atomic E-state index is 9.09. The van der Waals surface area contributed by atoms with Crippen molar-refractivity contribution in [1.82, 2.24) is 5.32 Å². The van der Waals surface area contributed by atoms with Gasteiger partial charge in [-0.25, -0.2) is 0 Å². The highest BCUT2D eigenvalue weighted by Gasteiger charge is 2.16. The zero-order chi connectivity index (χ0) is 8.69. The molecule has 0 bridgehead atoms. The Morgan fingerprint density at radius 2 is 1.64 bits per heavy atom. The Morgan fingerprint density at radius 3 is 2.00 bits per heavy atom. The summed E-state index contributed by atoms with van der Waals surface area (Å²) in [5.74, 6) is 0. The van der Waals surface area contributed by atoms with Gasteiger partial charge in [0.05, 0.1) is 6.10 Å². The predicted octanol–water partition coefficient (Wildman–Crippen LogP) is 1.56. The lowest BCUT2D eigenvalue weighted by atomic mass is 9.93. The average molecular weight is 271 g/mol. The summed E-state index contributed by atoms with van der Waals surface area (Å²) in [4.78, 5) is 1.97. The Morgan fingerprint density at radius 1 is 1.18 bits per heavy atom. The van der Waals surface area contributed by atoms with Gasteiger partial charge in [0.2, 0.25) is 0 Å². The van der Waals surface area contributed by atoms with E-state index in [2.05, 4.69) is 27.9 Å². The fourth-order valence-electron chi connectivity index (χ4n) is 1.36. The van der Waals surface area contributed by atoms with Crippen molar-refractivity contribution in [1.29, 1.82) is 0 Å². The molecule has 68 valence electrons. The first-order valence-corrected chi connectivity index (χ1v) is 6.22. The molecular formula is C8H18INO. The second kappa shape index (κ2) is 7.31. The molecule has 0 atom stereocenters. The molecule has 2 N–H and O–H groups in total. The van der Waals surface area contributed by atoms with Crippen LogP contribution in [0.25, 0.3) is 0 Å². The van der Waals surface area contributed by atoms with E-state index in [-0.39, 0.29) is 6.10 Å². The second-order valence-corrected chi connectivity index (χ2v) is 2.79. The highest BCUT2D eigenvalue weighted by molar-refractivity contribution is 14.1. The van der Waals surface area contributed by atoms with Crippen molar-refractivity contribution in [2.75, 3.05) is 12.0 Å². The predicted molar refractivity (Wildman–Crippen MR) is 57.3 cm³/mol. The van der Waals surface area contributed by atoms with E-state index in [1.807, 2.05) is 12.0 Å². The fraction of sp³-hybridized carbons (Fsp3) is 1.00. The fourth-order valence-corrected chi connectivity index (χ4v) is 1.36. The number of rotatable bonds is 1.